The van der Waals surface area contributed by atoms with Crippen molar-refractivity contribution in [2.45, 2.75) is 0 Å². The second kappa shape index (κ2) is 8.53. The van der Waals surface area contributed by atoms with Crippen molar-refractivity contribution < 1.29 is 9.59 Å². The highest BCUT2D eigenvalue weighted by atomic mass is 16.2. The molecule has 2 N–H and O–H groups in total. The van der Waals surface area contributed by atoms with Gasteiger partial charge in [-0.1, -0.05) is 30.3 Å². The standard InChI is InChI=1S/C20H18N4O2/c25-19(21-12-13-22-20(26)15-6-2-1-3-7-15)11-10-16-14-23-17-8-4-5-9-18(17)24-16/h1-11,14H,12-13H2,(H,21,25)(H,22,26)/b11-10+. The van der Waals surface area contributed by atoms with Crippen LogP contribution in [0.1, 0.15) is 16.1 Å². The molecule has 6 nitrogen and oxygen atoms in total. The Kier molecular flexibility index (Phi) is 5.67. The van der Waals surface area contributed by atoms with E-state index in [-0.39, 0.29) is 11.8 Å². The van der Waals surface area contributed by atoms with Gasteiger partial charge in [0.25, 0.3) is 5.91 Å². The molecule has 0 radical (unpaired) electrons. The number of benzene rings is 2. The van der Waals surface area contributed by atoms with Crippen molar-refractivity contribution in [2.24, 2.45) is 0 Å². The lowest BCUT2D eigenvalue weighted by atomic mass is 10.2. The Morgan fingerprint density at radius 1 is 0.885 bits per heavy atom. The molecule has 0 aliphatic heterocycles. The molecule has 26 heavy (non-hydrogen) atoms. The molecule has 6 heteroatoms. The van der Waals surface area contributed by atoms with Crippen LogP contribution in [0.15, 0.2) is 66.9 Å². The number of fused-ring (bicyclic) bond motifs is 1. The second-order valence-corrected chi connectivity index (χ2v) is 5.53. The highest BCUT2D eigenvalue weighted by molar-refractivity contribution is 5.94. The normalized spacial score (nSPS) is 10.8. The number of nitrogens with one attached hydrogen (secondary N) is 2. The van der Waals surface area contributed by atoms with Crippen LogP contribution in [0.4, 0.5) is 0 Å². The first-order chi connectivity index (χ1) is 12.7. The minimum Gasteiger partial charge on any atom is -0.351 e. The molecule has 2 aromatic carbocycles. The van der Waals surface area contributed by atoms with Gasteiger partial charge in [0.2, 0.25) is 5.91 Å². The third kappa shape index (κ3) is 4.73. The first kappa shape index (κ1) is 17.3. The highest BCUT2D eigenvalue weighted by Crippen LogP contribution is 2.09. The fourth-order valence-electron chi connectivity index (χ4n) is 2.33. The summed E-state index contributed by atoms with van der Waals surface area (Å²) in [5.41, 5.74) is 2.78. The Labute approximate surface area is 151 Å². The van der Waals surface area contributed by atoms with Crippen LogP contribution in [-0.2, 0) is 4.79 Å². The van der Waals surface area contributed by atoms with Crippen LogP contribution in [0.2, 0.25) is 0 Å². The number of carbonyl (C=O) groups excluding carboxylic acids is 2. The van der Waals surface area contributed by atoms with E-state index in [0.717, 1.165) is 11.0 Å². The lowest BCUT2D eigenvalue weighted by Crippen LogP contribution is -2.33. The molecule has 0 unspecified atom stereocenters. The van der Waals surface area contributed by atoms with E-state index in [9.17, 15) is 9.59 Å². The molecule has 3 aromatic rings. The Morgan fingerprint density at radius 3 is 2.38 bits per heavy atom. The predicted octanol–water partition coefficient (Wildman–Crippen LogP) is 2.19. The van der Waals surface area contributed by atoms with Gasteiger partial charge in [0.15, 0.2) is 0 Å². The quantitative estimate of drug-likeness (QED) is 0.529. The van der Waals surface area contributed by atoms with Crippen LogP contribution in [0.5, 0.6) is 0 Å². The SMILES string of the molecule is O=C(/C=C/c1cnc2ccccc2n1)NCCNC(=O)c1ccccc1. The first-order valence-corrected chi connectivity index (χ1v) is 8.23. The molecule has 0 aliphatic carbocycles. The van der Waals surface area contributed by atoms with E-state index in [2.05, 4.69) is 20.6 Å². The number of carbonyl (C=O) groups is 2. The summed E-state index contributed by atoms with van der Waals surface area (Å²) in [5.74, 6) is -0.421. The zero-order chi connectivity index (χ0) is 18.2. The van der Waals surface area contributed by atoms with Crippen molar-refractivity contribution in [1.82, 2.24) is 20.6 Å². The fraction of sp³-hybridized carbons (Fsp3) is 0.100. The molecule has 0 saturated carbocycles. The molecule has 0 atom stereocenters. The van der Waals surface area contributed by atoms with Gasteiger partial charge in [-0.05, 0) is 30.3 Å². The summed E-state index contributed by atoms with van der Waals surface area (Å²) < 4.78 is 0. The van der Waals surface area contributed by atoms with Gasteiger partial charge in [-0.25, -0.2) is 4.98 Å². The summed E-state index contributed by atoms with van der Waals surface area (Å²) in [6, 6.07) is 16.5. The maximum atomic E-state index is 11.9. The Hall–Kier alpha value is -3.54. The largest absolute Gasteiger partial charge is 0.351 e. The smallest absolute Gasteiger partial charge is 0.251 e. The highest BCUT2D eigenvalue weighted by Gasteiger charge is 2.03. The monoisotopic (exact) mass is 346 g/mol. The summed E-state index contributed by atoms with van der Waals surface area (Å²) in [7, 11) is 0. The van der Waals surface area contributed by atoms with Gasteiger partial charge in [-0.2, -0.15) is 0 Å². The van der Waals surface area contributed by atoms with Gasteiger partial charge in [0.05, 0.1) is 22.9 Å². The molecule has 3 rings (SSSR count). The number of hydrogen-bond acceptors (Lipinski definition) is 4. The number of para-hydroxylation sites is 2. The number of rotatable bonds is 6. The van der Waals surface area contributed by atoms with Crippen molar-refractivity contribution in [3.05, 3.63) is 78.1 Å². The number of hydrogen-bond donors (Lipinski definition) is 2. The van der Waals surface area contributed by atoms with Crippen LogP contribution in [0.3, 0.4) is 0 Å². The summed E-state index contributed by atoms with van der Waals surface area (Å²) in [5, 5.41) is 5.46. The van der Waals surface area contributed by atoms with Crippen LogP contribution in [0, 0.1) is 0 Å². The average Bonchev–Trinajstić information content (AvgIpc) is 2.70. The lowest BCUT2D eigenvalue weighted by molar-refractivity contribution is -0.116. The number of nitrogens with zero attached hydrogens (tertiary/aromatic N) is 2. The van der Waals surface area contributed by atoms with Crippen molar-refractivity contribution in [3.8, 4) is 0 Å². The number of amides is 2. The summed E-state index contributed by atoms with van der Waals surface area (Å²) in [6.45, 7) is 0.689. The molecule has 0 aliphatic rings. The fourth-order valence-corrected chi connectivity index (χ4v) is 2.33. The van der Waals surface area contributed by atoms with Crippen LogP contribution in [0.25, 0.3) is 17.1 Å². The van der Waals surface area contributed by atoms with Crippen LogP contribution in [-0.4, -0.2) is 34.9 Å². The van der Waals surface area contributed by atoms with Crippen molar-refractivity contribution in [1.29, 1.82) is 0 Å². The third-order valence-electron chi connectivity index (χ3n) is 3.62. The molecule has 130 valence electrons. The van der Waals surface area contributed by atoms with Gasteiger partial charge in [0.1, 0.15) is 0 Å². The number of aromatic nitrogens is 2. The molecule has 1 heterocycles. The molecule has 0 saturated heterocycles. The summed E-state index contributed by atoms with van der Waals surface area (Å²) >= 11 is 0. The maximum Gasteiger partial charge on any atom is 0.251 e. The zero-order valence-electron chi connectivity index (χ0n) is 14.1. The molecule has 0 bridgehead atoms. The molecular formula is C20H18N4O2. The van der Waals surface area contributed by atoms with Crippen molar-refractivity contribution in [2.75, 3.05) is 13.1 Å². The van der Waals surface area contributed by atoms with E-state index in [1.807, 2.05) is 30.3 Å². The van der Waals surface area contributed by atoms with E-state index in [1.165, 1.54) is 6.08 Å². The van der Waals surface area contributed by atoms with Crippen molar-refractivity contribution in [3.63, 3.8) is 0 Å². The Balaban J connectivity index is 1.44. The van der Waals surface area contributed by atoms with Gasteiger partial charge < -0.3 is 10.6 Å². The van der Waals surface area contributed by atoms with Gasteiger partial charge in [-0.15, -0.1) is 0 Å². The van der Waals surface area contributed by atoms with E-state index < -0.39 is 0 Å². The minimum atomic E-state index is -0.256. The van der Waals surface area contributed by atoms with E-state index >= 15 is 0 Å². The minimum absolute atomic E-state index is 0.165. The summed E-state index contributed by atoms with van der Waals surface area (Å²) in [6.07, 6.45) is 4.63. The van der Waals surface area contributed by atoms with Gasteiger partial charge >= 0.3 is 0 Å². The topological polar surface area (TPSA) is 84.0 Å². The van der Waals surface area contributed by atoms with E-state index in [0.29, 0.717) is 24.3 Å². The lowest BCUT2D eigenvalue weighted by Gasteiger charge is -2.05. The van der Waals surface area contributed by atoms with E-state index in [1.54, 1.807) is 36.5 Å². The Bertz CT molecular complexity index is 939. The van der Waals surface area contributed by atoms with Crippen LogP contribution < -0.4 is 10.6 Å². The van der Waals surface area contributed by atoms with Gasteiger partial charge in [0, 0.05) is 24.7 Å². The molecule has 1 aromatic heterocycles. The van der Waals surface area contributed by atoms with Gasteiger partial charge in [-0.3, -0.25) is 14.6 Å². The molecule has 0 fully saturated rings. The maximum absolute atomic E-state index is 11.9. The molecular weight excluding hydrogens is 328 g/mol. The molecule has 2 amide bonds. The second-order valence-electron chi connectivity index (χ2n) is 5.53. The summed E-state index contributed by atoms with van der Waals surface area (Å²) in [4.78, 5) is 32.4. The first-order valence-electron chi connectivity index (χ1n) is 8.23. The Morgan fingerprint density at radius 2 is 1.58 bits per heavy atom. The molecule has 0 spiro atoms. The van der Waals surface area contributed by atoms with Crippen LogP contribution >= 0.6 is 0 Å². The zero-order valence-corrected chi connectivity index (χ0v) is 14.1. The third-order valence-corrected chi connectivity index (χ3v) is 3.62. The predicted molar refractivity (Wildman–Crippen MR) is 100 cm³/mol. The van der Waals surface area contributed by atoms with Crippen molar-refractivity contribution >= 4 is 28.9 Å². The van der Waals surface area contributed by atoms with E-state index in [4.69, 9.17) is 0 Å². The average molecular weight is 346 g/mol.